The minimum Gasteiger partial charge on any atom is -0.491 e. The molecule has 5 nitrogen and oxygen atoms in total. The lowest BCUT2D eigenvalue weighted by atomic mass is 10.0. The van der Waals surface area contributed by atoms with Crippen LogP contribution in [0.2, 0.25) is 0 Å². The van der Waals surface area contributed by atoms with Crippen LogP contribution in [0, 0.1) is 0 Å². The molecule has 0 fully saturated rings. The molecule has 0 radical (unpaired) electrons. The normalized spacial score (nSPS) is 10.7. The highest BCUT2D eigenvalue weighted by atomic mass is 16.5. The highest BCUT2D eigenvalue weighted by Crippen LogP contribution is 2.30. The number of ether oxygens (including phenoxy) is 2. The fourth-order valence-corrected chi connectivity index (χ4v) is 3.27. The molecule has 5 heteroatoms. The first kappa shape index (κ1) is 21.1. The summed E-state index contributed by atoms with van der Waals surface area (Å²) in [5.41, 5.74) is 3.03. The number of rotatable bonds is 7. The number of carboxylic acids is 1. The van der Waals surface area contributed by atoms with Gasteiger partial charge < -0.3 is 14.6 Å². The first-order chi connectivity index (χ1) is 15.5. The van der Waals surface area contributed by atoms with E-state index in [1.54, 1.807) is 6.07 Å². The lowest BCUT2D eigenvalue weighted by molar-refractivity contribution is 0.0690. The van der Waals surface area contributed by atoms with E-state index in [4.69, 9.17) is 9.47 Å². The van der Waals surface area contributed by atoms with E-state index in [2.05, 4.69) is 4.98 Å². The van der Waals surface area contributed by atoms with Crippen LogP contribution in [-0.2, 0) is 0 Å². The van der Waals surface area contributed by atoms with Crippen molar-refractivity contribution in [3.63, 3.8) is 0 Å². The summed E-state index contributed by atoms with van der Waals surface area (Å²) in [6, 6.07) is 28.0. The summed E-state index contributed by atoms with van der Waals surface area (Å²) in [7, 11) is 0. The lowest BCUT2D eigenvalue weighted by Crippen LogP contribution is -2.05. The zero-order valence-electron chi connectivity index (χ0n) is 17.9. The van der Waals surface area contributed by atoms with Crippen LogP contribution in [0.25, 0.3) is 22.4 Å². The van der Waals surface area contributed by atoms with Crippen LogP contribution in [0.3, 0.4) is 0 Å². The van der Waals surface area contributed by atoms with Crippen molar-refractivity contribution < 1.29 is 19.4 Å². The van der Waals surface area contributed by atoms with Crippen LogP contribution in [-0.4, -0.2) is 22.2 Å². The smallest absolute Gasteiger partial charge is 0.354 e. The molecule has 160 valence electrons. The highest BCUT2D eigenvalue weighted by molar-refractivity contribution is 5.88. The average molecular weight is 425 g/mol. The maximum atomic E-state index is 11.7. The van der Waals surface area contributed by atoms with E-state index in [9.17, 15) is 9.90 Å². The number of para-hydroxylation sites is 1. The lowest BCUT2D eigenvalue weighted by Gasteiger charge is -2.11. The van der Waals surface area contributed by atoms with Gasteiger partial charge in [-0.3, -0.25) is 0 Å². The Morgan fingerprint density at radius 3 is 1.97 bits per heavy atom. The molecule has 0 saturated carbocycles. The summed E-state index contributed by atoms with van der Waals surface area (Å²) in [5, 5.41) is 9.58. The van der Waals surface area contributed by atoms with Crippen LogP contribution >= 0.6 is 0 Å². The minimum atomic E-state index is -1.07. The molecule has 0 aliphatic rings. The molecule has 0 unspecified atom stereocenters. The zero-order valence-corrected chi connectivity index (χ0v) is 17.9. The first-order valence-corrected chi connectivity index (χ1v) is 10.3. The van der Waals surface area contributed by atoms with Gasteiger partial charge in [-0.15, -0.1) is 0 Å². The maximum absolute atomic E-state index is 11.7. The van der Waals surface area contributed by atoms with Gasteiger partial charge in [0.25, 0.3) is 0 Å². The van der Waals surface area contributed by atoms with Gasteiger partial charge in [0.15, 0.2) is 0 Å². The third kappa shape index (κ3) is 5.13. The van der Waals surface area contributed by atoms with Crippen LogP contribution in [0.1, 0.15) is 24.3 Å². The number of aromatic carboxylic acids is 1. The van der Waals surface area contributed by atoms with Gasteiger partial charge in [0.05, 0.1) is 11.8 Å². The largest absolute Gasteiger partial charge is 0.491 e. The molecule has 0 amide bonds. The van der Waals surface area contributed by atoms with E-state index < -0.39 is 5.97 Å². The number of aromatic nitrogens is 1. The topological polar surface area (TPSA) is 68.7 Å². The van der Waals surface area contributed by atoms with Gasteiger partial charge in [-0.1, -0.05) is 30.3 Å². The summed E-state index contributed by atoms with van der Waals surface area (Å²) >= 11 is 0. The number of nitrogens with zero attached hydrogens (tertiary/aromatic N) is 1. The molecular weight excluding hydrogens is 402 g/mol. The minimum absolute atomic E-state index is 0.00961. The Balaban J connectivity index is 1.64. The average Bonchev–Trinajstić information content (AvgIpc) is 2.80. The van der Waals surface area contributed by atoms with Gasteiger partial charge >= 0.3 is 5.97 Å². The van der Waals surface area contributed by atoms with Gasteiger partial charge in [0.1, 0.15) is 22.9 Å². The molecule has 0 aliphatic heterocycles. The van der Waals surface area contributed by atoms with Gasteiger partial charge in [0, 0.05) is 5.56 Å². The summed E-state index contributed by atoms with van der Waals surface area (Å²) in [4.78, 5) is 16.0. The van der Waals surface area contributed by atoms with Crippen LogP contribution < -0.4 is 9.47 Å². The quantitative estimate of drug-likeness (QED) is 0.357. The third-order valence-electron chi connectivity index (χ3n) is 4.73. The van der Waals surface area contributed by atoms with E-state index in [0.29, 0.717) is 11.4 Å². The molecule has 0 atom stereocenters. The Hall–Kier alpha value is -4.12. The summed E-state index contributed by atoms with van der Waals surface area (Å²) in [5.74, 6) is 1.14. The fraction of sp³-hybridized carbons (Fsp3) is 0.111. The second-order valence-corrected chi connectivity index (χ2v) is 7.56. The molecule has 3 aromatic carbocycles. The van der Waals surface area contributed by atoms with Crippen molar-refractivity contribution in [3.8, 4) is 39.6 Å². The summed E-state index contributed by atoms with van der Waals surface area (Å²) in [6.07, 6.45) is 0.0785. The second kappa shape index (κ2) is 9.35. The van der Waals surface area contributed by atoms with E-state index in [-0.39, 0.29) is 11.8 Å². The Morgan fingerprint density at radius 2 is 1.34 bits per heavy atom. The number of pyridine rings is 1. The van der Waals surface area contributed by atoms with Crippen LogP contribution in [0.4, 0.5) is 0 Å². The van der Waals surface area contributed by atoms with E-state index >= 15 is 0 Å². The number of benzene rings is 3. The molecule has 0 aliphatic carbocycles. The van der Waals surface area contributed by atoms with Gasteiger partial charge in [-0.25, -0.2) is 9.78 Å². The van der Waals surface area contributed by atoms with Crippen molar-refractivity contribution in [2.45, 2.75) is 20.0 Å². The highest BCUT2D eigenvalue weighted by Gasteiger charge is 2.12. The Bertz CT molecular complexity index is 1200. The second-order valence-electron chi connectivity index (χ2n) is 7.56. The van der Waals surface area contributed by atoms with Crippen molar-refractivity contribution in [1.29, 1.82) is 0 Å². The third-order valence-corrected chi connectivity index (χ3v) is 4.73. The Labute approximate surface area is 186 Å². The molecule has 32 heavy (non-hydrogen) atoms. The summed E-state index contributed by atoms with van der Waals surface area (Å²) in [6.45, 7) is 3.93. The Kier molecular flexibility index (Phi) is 6.17. The number of carbonyl (C=O) groups is 1. The number of hydrogen-bond acceptors (Lipinski definition) is 4. The molecule has 4 rings (SSSR count). The predicted octanol–water partition coefficient (Wildman–Crippen LogP) is 6.69. The molecule has 1 aromatic heterocycles. The molecule has 0 spiro atoms. The van der Waals surface area contributed by atoms with Crippen LogP contribution in [0.5, 0.6) is 17.2 Å². The zero-order chi connectivity index (χ0) is 22.5. The standard InChI is InChI=1S/C27H23NO4/c1-18(2)31-23-14-10-20(11-15-23)25-16-21(17-26(28-25)27(29)30)19-8-12-24(13-9-19)32-22-6-4-3-5-7-22/h3-18H,1-2H3,(H,29,30). The van der Waals surface area contributed by atoms with Crippen molar-refractivity contribution >= 4 is 5.97 Å². The Morgan fingerprint density at radius 1 is 0.750 bits per heavy atom. The predicted molar refractivity (Wildman–Crippen MR) is 124 cm³/mol. The SMILES string of the molecule is CC(C)Oc1ccc(-c2cc(-c3ccc(Oc4ccccc4)cc3)cc(C(=O)O)n2)cc1. The van der Waals surface area contributed by atoms with Crippen LogP contribution in [0.15, 0.2) is 91.0 Å². The molecule has 1 heterocycles. The van der Waals surface area contributed by atoms with Gasteiger partial charge in [0.2, 0.25) is 0 Å². The van der Waals surface area contributed by atoms with Crippen molar-refractivity contribution in [1.82, 2.24) is 4.98 Å². The van der Waals surface area contributed by atoms with E-state index in [0.717, 1.165) is 28.2 Å². The number of carboxylic acid groups (broad SMARTS) is 1. The monoisotopic (exact) mass is 425 g/mol. The molecule has 0 bridgehead atoms. The van der Waals surface area contributed by atoms with Gasteiger partial charge in [-0.2, -0.15) is 0 Å². The van der Waals surface area contributed by atoms with Gasteiger partial charge in [-0.05, 0) is 85.6 Å². The summed E-state index contributed by atoms with van der Waals surface area (Å²) < 4.78 is 11.5. The molecule has 0 saturated heterocycles. The first-order valence-electron chi connectivity index (χ1n) is 10.3. The van der Waals surface area contributed by atoms with Crippen molar-refractivity contribution in [2.24, 2.45) is 0 Å². The fourth-order valence-electron chi connectivity index (χ4n) is 3.27. The van der Waals surface area contributed by atoms with E-state index in [1.165, 1.54) is 0 Å². The maximum Gasteiger partial charge on any atom is 0.354 e. The molecule has 4 aromatic rings. The molecule has 1 N–H and O–H groups in total. The van der Waals surface area contributed by atoms with Crippen molar-refractivity contribution in [3.05, 3.63) is 96.7 Å². The van der Waals surface area contributed by atoms with Crippen molar-refractivity contribution in [2.75, 3.05) is 0 Å². The van der Waals surface area contributed by atoms with E-state index in [1.807, 2.05) is 98.8 Å². The number of hydrogen-bond donors (Lipinski definition) is 1. The molecular formula is C27H23NO4.